The van der Waals surface area contributed by atoms with E-state index in [0.717, 1.165) is 5.56 Å². The Morgan fingerprint density at radius 2 is 1.69 bits per heavy atom. The fourth-order valence-corrected chi connectivity index (χ4v) is 4.23. The molecule has 0 aromatic heterocycles. The molecule has 3 aromatic rings. The Morgan fingerprint density at radius 1 is 0.971 bits per heavy atom. The number of aliphatic hydroxyl groups excluding tert-OH is 1. The van der Waals surface area contributed by atoms with Gasteiger partial charge in [-0.3, -0.25) is 14.5 Å². The summed E-state index contributed by atoms with van der Waals surface area (Å²) in [6.07, 6.45) is 0. The molecule has 6 nitrogen and oxygen atoms in total. The third-order valence-electron chi connectivity index (χ3n) is 5.73. The molecule has 1 fully saturated rings. The lowest BCUT2D eigenvalue weighted by atomic mass is 9.94. The van der Waals surface area contributed by atoms with Gasteiger partial charge in [0.15, 0.2) is 0 Å². The van der Waals surface area contributed by atoms with Crippen LogP contribution in [0.4, 0.5) is 10.1 Å². The van der Waals surface area contributed by atoms with Crippen molar-refractivity contribution in [3.05, 3.63) is 94.8 Å². The molecule has 1 atom stereocenters. The number of aryl methyl sites for hydroxylation is 1. The molecule has 35 heavy (non-hydrogen) atoms. The summed E-state index contributed by atoms with van der Waals surface area (Å²) in [5.41, 5.74) is 2.10. The molecule has 4 rings (SSSR count). The zero-order valence-electron chi connectivity index (χ0n) is 19.7. The van der Waals surface area contributed by atoms with E-state index in [0.29, 0.717) is 36.0 Å². The van der Waals surface area contributed by atoms with Gasteiger partial charge in [-0.25, -0.2) is 4.39 Å². The number of anilines is 1. The van der Waals surface area contributed by atoms with E-state index in [9.17, 15) is 19.1 Å². The molecule has 180 valence electrons. The molecule has 7 heteroatoms. The number of hydrogen-bond acceptors (Lipinski definition) is 5. The molecule has 0 bridgehead atoms. The maximum Gasteiger partial charge on any atom is 0.300 e. The Kier molecular flexibility index (Phi) is 6.87. The predicted molar refractivity (Wildman–Crippen MR) is 131 cm³/mol. The van der Waals surface area contributed by atoms with Gasteiger partial charge in [0.2, 0.25) is 0 Å². The van der Waals surface area contributed by atoms with Crippen LogP contribution in [0.2, 0.25) is 0 Å². The normalized spacial score (nSPS) is 17.0. The van der Waals surface area contributed by atoms with Gasteiger partial charge in [-0.1, -0.05) is 29.8 Å². The second kappa shape index (κ2) is 10.0. The van der Waals surface area contributed by atoms with Gasteiger partial charge in [-0.2, -0.15) is 0 Å². The Balaban J connectivity index is 1.94. The molecule has 1 aliphatic heterocycles. The topological polar surface area (TPSA) is 76.1 Å². The van der Waals surface area contributed by atoms with Crippen molar-refractivity contribution in [2.75, 3.05) is 18.1 Å². The highest BCUT2D eigenvalue weighted by Gasteiger charge is 2.47. The van der Waals surface area contributed by atoms with Gasteiger partial charge in [0.25, 0.3) is 11.7 Å². The number of benzene rings is 3. The van der Waals surface area contributed by atoms with Gasteiger partial charge in [0, 0.05) is 11.8 Å². The van der Waals surface area contributed by atoms with Gasteiger partial charge in [-0.15, -0.1) is 0 Å². The average molecular weight is 476 g/mol. The van der Waals surface area contributed by atoms with Crippen LogP contribution in [0.3, 0.4) is 0 Å². The monoisotopic (exact) mass is 475 g/mol. The number of ether oxygens (including phenoxy) is 2. The van der Waals surface area contributed by atoms with Crippen molar-refractivity contribution in [3.63, 3.8) is 0 Å². The fourth-order valence-electron chi connectivity index (χ4n) is 4.23. The van der Waals surface area contributed by atoms with Gasteiger partial charge in [0.1, 0.15) is 23.1 Å². The summed E-state index contributed by atoms with van der Waals surface area (Å²) in [7, 11) is 0. The number of carbonyl (C=O) groups excluding carboxylic acids is 2. The highest BCUT2D eigenvalue weighted by atomic mass is 19.1. The summed E-state index contributed by atoms with van der Waals surface area (Å²) in [6, 6.07) is 16.7. The molecule has 1 amide bonds. The lowest BCUT2D eigenvalue weighted by molar-refractivity contribution is -0.132. The van der Waals surface area contributed by atoms with Gasteiger partial charge < -0.3 is 14.6 Å². The van der Waals surface area contributed by atoms with Crippen LogP contribution in [-0.4, -0.2) is 30.0 Å². The Morgan fingerprint density at radius 3 is 2.34 bits per heavy atom. The highest BCUT2D eigenvalue weighted by Crippen LogP contribution is 2.43. The summed E-state index contributed by atoms with van der Waals surface area (Å²) in [4.78, 5) is 27.9. The van der Waals surface area contributed by atoms with Gasteiger partial charge in [0.05, 0.1) is 30.4 Å². The SMILES string of the molecule is CCOc1ccc(/C(O)=C2/C(=O)C(=O)N(c3ccc(F)cc3)C2c2cccc(C)c2)c(OCC)c1. The van der Waals surface area contributed by atoms with Crippen molar-refractivity contribution in [2.45, 2.75) is 26.8 Å². The second-order valence-electron chi connectivity index (χ2n) is 8.08. The molecule has 0 aliphatic carbocycles. The molecular weight excluding hydrogens is 449 g/mol. The average Bonchev–Trinajstić information content (AvgIpc) is 3.10. The number of Topliss-reactive ketones (excluding diaryl/α,β-unsaturated/α-hetero) is 1. The number of ketones is 1. The summed E-state index contributed by atoms with van der Waals surface area (Å²) < 4.78 is 24.9. The molecule has 0 saturated carbocycles. The molecule has 1 heterocycles. The number of rotatable bonds is 7. The van der Waals surface area contributed by atoms with Crippen molar-refractivity contribution in [3.8, 4) is 11.5 Å². The minimum atomic E-state index is -0.915. The highest BCUT2D eigenvalue weighted by molar-refractivity contribution is 6.51. The minimum Gasteiger partial charge on any atom is -0.507 e. The molecule has 1 N–H and O–H groups in total. The van der Waals surface area contributed by atoms with Crippen LogP contribution >= 0.6 is 0 Å². The summed E-state index contributed by atoms with van der Waals surface area (Å²) in [5, 5.41) is 11.4. The number of halogens is 1. The first kappa shape index (κ1) is 24.0. The number of hydrogen-bond donors (Lipinski definition) is 1. The Labute approximate surface area is 203 Å². The number of aliphatic hydroxyl groups is 1. The van der Waals surface area contributed by atoms with E-state index in [-0.39, 0.29) is 16.9 Å². The first-order chi connectivity index (χ1) is 16.8. The van der Waals surface area contributed by atoms with E-state index in [2.05, 4.69) is 0 Å². The van der Waals surface area contributed by atoms with Gasteiger partial charge >= 0.3 is 0 Å². The van der Waals surface area contributed by atoms with E-state index >= 15 is 0 Å². The minimum absolute atomic E-state index is 0.0740. The zero-order valence-corrected chi connectivity index (χ0v) is 19.7. The fraction of sp³-hybridized carbons (Fsp3) is 0.214. The van der Waals surface area contributed by atoms with E-state index in [1.54, 1.807) is 31.2 Å². The number of nitrogens with zero attached hydrogens (tertiary/aromatic N) is 1. The molecule has 0 radical (unpaired) electrons. The molecule has 1 saturated heterocycles. The summed E-state index contributed by atoms with van der Waals surface area (Å²) in [5.74, 6) is -1.59. The van der Waals surface area contributed by atoms with Crippen molar-refractivity contribution in [2.24, 2.45) is 0 Å². The molecule has 1 unspecified atom stereocenters. The van der Waals surface area contributed by atoms with Crippen LogP contribution in [0, 0.1) is 12.7 Å². The second-order valence-corrected chi connectivity index (χ2v) is 8.08. The molecule has 3 aromatic carbocycles. The third kappa shape index (κ3) is 4.62. The number of amides is 1. The van der Waals surface area contributed by atoms with E-state index in [1.807, 2.05) is 32.0 Å². The van der Waals surface area contributed by atoms with E-state index in [4.69, 9.17) is 9.47 Å². The van der Waals surface area contributed by atoms with Crippen LogP contribution in [0.15, 0.2) is 72.3 Å². The van der Waals surface area contributed by atoms with Crippen LogP contribution in [-0.2, 0) is 9.59 Å². The maximum absolute atomic E-state index is 13.6. The van der Waals surface area contributed by atoms with E-state index < -0.39 is 23.5 Å². The smallest absolute Gasteiger partial charge is 0.300 e. The van der Waals surface area contributed by atoms with Crippen LogP contribution < -0.4 is 14.4 Å². The molecule has 1 aliphatic rings. The lowest BCUT2D eigenvalue weighted by Gasteiger charge is -2.26. The first-order valence-corrected chi connectivity index (χ1v) is 11.4. The van der Waals surface area contributed by atoms with Crippen molar-refractivity contribution >= 4 is 23.1 Å². The van der Waals surface area contributed by atoms with Crippen LogP contribution in [0.1, 0.15) is 36.6 Å². The zero-order chi connectivity index (χ0) is 25.1. The Bertz CT molecular complexity index is 1300. The van der Waals surface area contributed by atoms with Crippen molar-refractivity contribution in [1.29, 1.82) is 0 Å². The van der Waals surface area contributed by atoms with E-state index in [1.165, 1.54) is 29.2 Å². The van der Waals surface area contributed by atoms with Crippen LogP contribution in [0.25, 0.3) is 5.76 Å². The third-order valence-corrected chi connectivity index (χ3v) is 5.73. The molecular formula is C28H26FNO5. The summed E-state index contributed by atoms with van der Waals surface area (Å²) >= 11 is 0. The first-order valence-electron chi connectivity index (χ1n) is 11.4. The maximum atomic E-state index is 13.6. The van der Waals surface area contributed by atoms with Gasteiger partial charge in [-0.05, 0) is 62.7 Å². The standard InChI is InChI=1S/C28H26FNO5/c1-4-34-21-13-14-22(23(16-21)35-5-2)26(31)24-25(18-8-6-7-17(3)15-18)30(28(33)27(24)32)20-11-9-19(29)10-12-20/h6-16,25,31H,4-5H2,1-3H3/b26-24-. The quantitative estimate of drug-likeness (QED) is 0.275. The van der Waals surface area contributed by atoms with Crippen molar-refractivity contribution < 1.29 is 28.6 Å². The summed E-state index contributed by atoms with van der Waals surface area (Å²) in [6.45, 7) is 6.33. The number of carbonyl (C=O) groups is 2. The molecule has 0 spiro atoms. The lowest BCUT2D eigenvalue weighted by Crippen LogP contribution is -2.29. The van der Waals surface area contributed by atoms with Crippen LogP contribution in [0.5, 0.6) is 11.5 Å². The predicted octanol–water partition coefficient (Wildman–Crippen LogP) is 5.56. The van der Waals surface area contributed by atoms with Crippen molar-refractivity contribution in [1.82, 2.24) is 0 Å². The largest absolute Gasteiger partial charge is 0.507 e. The Hall–Kier alpha value is -4.13.